The van der Waals surface area contributed by atoms with Gasteiger partial charge in [-0.05, 0) is 19.4 Å². The van der Waals surface area contributed by atoms with Crippen molar-refractivity contribution in [2.75, 3.05) is 6.61 Å². The van der Waals surface area contributed by atoms with Crippen LogP contribution >= 0.6 is 0 Å². The molecule has 1 aromatic heterocycles. The monoisotopic (exact) mass is 293 g/mol. The first-order valence-electron chi connectivity index (χ1n) is 4.33. The standard InChI is InChI=1S/C10H16NO.HI/c1-4-12-10(3)11-7-5-9(2)6-8-11;/h5-8,10H,4H2,1-3H3;1H/q+1;/p-1. The van der Waals surface area contributed by atoms with E-state index in [-0.39, 0.29) is 30.2 Å². The topological polar surface area (TPSA) is 13.1 Å². The van der Waals surface area contributed by atoms with Gasteiger partial charge in [0.15, 0.2) is 12.4 Å². The van der Waals surface area contributed by atoms with E-state index in [1.165, 1.54) is 5.56 Å². The van der Waals surface area contributed by atoms with Crippen molar-refractivity contribution in [2.24, 2.45) is 0 Å². The van der Waals surface area contributed by atoms with Gasteiger partial charge in [-0.3, -0.25) is 0 Å². The number of pyridine rings is 1. The Labute approximate surface area is 96.9 Å². The summed E-state index contributed by atoms with van der Waals surface area (Å²) in [5.74, 6) is 0. The van der Waals surface area contributed by atoms with Gasteiger partial charge in [0.25, 0.3) is 6.23 Å². The van der Waals surface area contributed by atoms with Gasteiger partial charge in [-0.2, -0.15) is 4.57 Å². The highest BCUT2D eigenvalue weighted by atomic mass is 127. The highest BCUT2D eigenvalue weighted by Gasteiger charge is 2.09. The van der Waals surface area contributed by atoms with E-state index in [4.69, 9.17) is 4.74 Å². The van der Waals surface area contributed by atoms with Crippen molar-refractivity contribution in [3.8, 4) is 0 Å². The number of aryl methyl sites for hydroxylation is 1. The average molecular weight is 293 g/mol. The molecule has 0 aromatic carbocycles. The number of nitrogens with zero attached hydrogens (tertiary/aromatic N) is 1. The molecule has 0 saturated heterocycles. The van der Waals surface area contributed by atoms with E-state index in [9.17, 15) is 0 Å². The highest BCUT2D eigenvalue weighted by Crippen LogP contribution is 1.97. The Hall–Kier alpha value is -0.160. The van der Waals surface area contributed by atoms with Crippen LogP contribution in [0.1, 0.15) is 25.6 Å². The number of aromatic nitrogens is 1. The predicted octanol–water partition coefficient (Wildman–Crippen LogP) is -1.16. The first kappa shape index (κ1) is 12.8. The van der Waals surface area contributed by atoms with Gasteiger partial charge in [-0.15, -0.1) is 0 Å². The third-order valence-electron chi connectivity index (χ3n) is 1.85. The lowest BCUT2D eigenvalue weighted by Gasteiger charge is -2.05. The molecule has 0 saturated carbocycles. The second-order valence-electron chi connectivity index (χ2n) is 2.88. The van der Waals surface area contributed by atoms with Gasteiger partial charge < -0.3 is 28.7 Å². The summed E-state index contributed by atoms with van der Waals surface area (Å²) in [4.78, 5) is 0. The van der Waals surface area contributed by atoms with Gasteiger partial charge in [0.1, 0.15) is 0 Å². The molecule has 0 radical (unpaired) electrons. The van der Waals surface area contributed by atoms with Crippen LogP contribution in [0.5, 0.6) is 0 Å². The Bertz CT molecular complexity index is 235. The third-order valence-corrected chi connectivity index (χ3v) is 1.85. The minimum absolute atomic E-state index is 0. The lowest BCUT2D eigenvalue weighted by molar-refractivity contribution is -0.758. The van der Waals surface area contributed by atoms with E-state index in [0.29, 0.717) is 0 Å². The fourth-order valence-electron chi connectivity index (χ4n) is 1.08. The zero-order chi connectivity index (χ0) is 8.97. The predicted molar refractivity (Wildman–Crippen MR) is 47.7 cm³/mol. The molecule has 1 rings (SSSR count). The summed E-state index contributed by atoms with van der Waals surface area (Å²) in [5.41, 5.74) is 1.27. The van der Waals surface area contributed by atoms with Crippen LogP contribution in [0.3, 0.4) is 0 Å². The quantitative estimate of drug-likeness (QED) is 0.506. The molecular formula is C10H16INO. The molecule has 1 heterocycles. The number of hydrogen-bond donors (Lipinski definition) is 0. The fraction of sp³-hybridized carbons (Fsp3) is 0.500. The minimum atomic E-state index is 0. The van der Waals surface area contributed by atoms with Gasteiger partial charge in [-0.1, -0.05) is 0 Å². The second-order valence-corrected chi connectivity index (χ2v) is 2.88. The van der Waals surface area contributed by atoms with Crippen LogP contribution in [0.2, 0.25) is 0 Å². The molecule has 1 atom stereocenters. The molecule has 0 N–H and O–H groups in total. The van der Waals surface area contributed by atoms with E-state index in [0.717, 1.165) is 6.61 Å². The molecule has 1 unspecified atom stereocenters. The molecule has 0 bridgehead atoms. The SMILES string of the molecule is CCOC(C)[n+]1ccc(C)cc1.[I-]. The van der Waals surface area contributed by atoms with Crippen LogP contribution in [0.25, 0.3) is 0 Å². The highest BCUT2D eigenvalue weighted by molar-refractivity contribution is 5.03. The summed E-state index contributed by atoms with van der Waals surface area (Å²) in [6, 6.07) is 4.16. The molecule has 0 aliphatic heterocycles. The van der Waals surface area contributed by atoms with Gasteiger partial charge in [0.05, 0.1) is 6.61 Å². The molecule has 13 heavy (non-hydrogen) atoms. The molecule has 0 fully saturated rings. The maximum Gasteiger partial charge on any atom is 0.259 e. The third kappa shape index (κ3) is 4.04. The molecule has 74 valence electrons. The summed E-state index contributed by atoms with van der Waals surface area (Å²) < 4.78 is 7.48. The molecular weight excluding hydrogens is 277 g/mol. The van der Waals surface area contributed by atoms with E-state index < -0.39 is 0 Å². The summed E-state index contributed by atoms with van der Waals surface area (Å²) in [5, 5.41) is 0. The molecule has 2 nitrogen and oxygen atoms in total. The zero-order valence-electron chi connectivity index (χ0n) is 8.33. The van der Waals surface area contributed by atoms with Crippen LogP contribution in [0.4, 0.5) is 0 Å². The first-order chi connectivity index (χ1) is 5.74. The van der Waals surface area contributed by atoms with Crippen molar-refractivity contribution in [3.05, 3.63) is 30.1 Å². The Balaban J connectivity index is 0.00000144. The van der Waals surface area contributed by atoms with E-state index >= 15 is 0 Å². The Kier molecular flexibility index (Phi) is 6.24. The largest absolute Gasteiger partial charge is 1.00 e. The van der Waals surface area contributed by atoms with Crippen LogP contribution in [-0.2, 0) is 4.74 Å². The van der Waals surface area contributed by atoms with E-state index in [2.05, 4.69) is 23.6 Å². The fourth-order valence-corrected chi connectivity index (χ4v) is 1.08. The minimum Gasteiger partial charge on any atom is -1.00 e. The zero-order valence-corrected chi connectivity index (χ0v) is 10.5. The Morgan fingerprint density at radius 3 is 2.38 bits per heavy atom. The molecule has 0 amide bonds. The average Bonchev–Trinajstić information content (AvgIpc) is 2.06. The lowest BCUT2D eigenvalue weighted by Crippen LogP contribution is -3.00. The maximum absolute atomic E-state index is 5.43. The van der Waals surface area contributed by atoms with Gasteiger partial charge in [0.2, 0.25) is 0 Å². The summed E-state index contributed by atoms with van der Waals surface area (Å²) in [6.45, 7) is 6.88. The lowest BCUT2D eigenvalue weighted by atomic mass is 10.3. The van der Waals surface area contributed by atoms with E-state index in [1.807, 2.05) is 26.2 Å². The molecule has 0 aliphatic rings. The van der Waals surface area contributed by atoms with Gasteiger partial charge >= 0.3 is 0 Å². The number of halogens is 1. The first-order valence-corrected chi connectivity index (χ1v) is 4.33. The van der Waals surface area contributed by atoms with Crippen molar-refractivity contribution >= 4 is 0 Å². The van der Waals surface area contributed by atoms with Gasteiger partial charge in [0, 0.05) is 19.1 Å². The maximum atomic E-state index is 5.43. The molecule has 3 heteroatoms. The summed E-state index contributed by atoms with van der Waals surface area (Å²) >= 11 is 0. The van der Waals surface area contributed by atoms with Crippen molar-refractivity contribution < 1.29 is 33.3 Å². The van der Waals surface area contributed by atoms with Crippen LogP contribution in [0, 0.1) is 6.92 Å². The second kappa shape index (κ2) is 6.32. The van der Waals surface area contributed by atoms with Crippen molar-refractivity contribution in [1.82, 2.24) is 0 Å². The smallest absolute Gasteiger partial charge is 0.259 e. The van der Waals surface area contributed by atoms with E-state index in [1.54, 1.807) is 0 Å². The molecule has 0 spiro atoms. The molecule has 1 aromatic rings. The summed E-state index contributed by atoms with van der Waals surface area (Å²) in [6.07, 6.45) is 4.21. The van der Waals surface area contributed by atoms with Crippen molar-refractivity contribution in [3.63, 3.8) is 0 Å². The van der Waals surface area contributed by atoms with Crippen molar-refractivity contribution in [1.29, 1.82) is 0 Å². The van der Waals surface area contributed by atoms with Crippen LogP contribution < -0.4 is 28.5 Å². The summed E-state index contributed by atoms with van der Waals surface area (Å²) in [7, 11) is 0. The van der Waals surface area contributed by atoms with Crippen molar-refractivity contribution in [2.45, 2.75) is 27.0 Å². The number of rotatable bonds is 3. The number of ether oxygens (including phenoxy) is 1. The van der Waals surface area contributed by atoms with Crippen LogP contribution in [-0.4, -0.2) is 6.61 Å². The van der Waals surface area contributed by atoms with Gasteiger partial charge in [-0.25, -0.2) is 0 Å². The Morgan fingerprint density at radius 1 is 1.38 bits per heavy atom. The Morgan fingerprint density at radius 2 is 1.92 bits per heavy atom. The number of hydrogen-bond acceptors (Lipinski definition) is 1. The normalized spacial score (nSPS) is 11.9. The van der Waals surface area contributed by atoms with Crippen LogP contribution in [0.15, 0.2) is 24.5 Å². The molecule has 0 aliphatic carbocycles.